The molecule has 2 atom stereocenters. The van der Waals surface area contributed by atoms with Gasteiger partial charge in [0.25, 0.3) is 0 Å². The Balaban J connectivity index is 2.46. The van der Waals surface area contributed by atoms with Crippen molar-refractivity contribution in [2.75, 3.05) is 6.54 Å². The number of rotatable bonds is 6. The van der Waals surface area contributed by atoms with Gasteiger partial charge in [0.15, 0.2) is 0 Å². The van der Waals surface area contributed by atoms with E-state index in [1.165, 1.54) is 6.07 Å². The number of benzene rings is 1. The van der Waals surface area contributed by atoms with E-state index in [1.807, 2.05) is 19.9 Å². The molecule has 0 amide bonds. The van der Waals surface area contributed by atoms with Crippen LogP contribution in [0.1, 0.15) is 38.3 Å². The highest BCUT2D eigenvalue weighted by Gasteiger charge is 2.11. The molecule has 90 valence electrons. The van der Waals surface area contributed by atoms with Gasteiger partial charge in [0.2, 0.25) is 0 Å². The van der Waals surface area contributed by atoms with Gasteiger partial charge < -0.3 is 10.4 Å². The number of hydrogen-bond acceptors (Lipinski definition) is 2. The minimum absolute atomic E-state index is 0.0762. The fourth-order valence-electron chi connectivity index (χ4n) is 1.68. The van der Waals surface area contributed by atoms with Crippen LogP contribution in [-0.4, -0.2) is 17.8 Å². The molecule has 1 rings (SSSR count). The van der Waals surface area contributed by atoms with E-state index in [9.17, 15) is 9.50 Å². The van der Waals surface area contributed by atoms with Gasteiger partial charge in [-0.3, -0.25) is 0 Å². The maximum absolute atomic E-state index is 13.4. The summed E-state index contributed by atoms with van der Waals surface area (Å²) in [6.07, 6.45) is 1.38. The summed E-state index contributed by atoms with van der Waals surface area (Å²) in [5.74, 6) is -0.201. The van der Waals surface area contributed by atoms with Crippen LogP contribution < -0.4 is 5.32 Å². The molecule has 0 aliphatic carbocycles. The van der Waals surface area contributed by atoms with Gasteiger partial charge in [-0.05, 0) is 19.4 Å². The van der Waals surface area contributed by atoms with Gasteiger partial charge >= 0.3 is 0 Å². The number of halogens is 1. The second-order valence-electron chi connectivity index (χ2n) is 4.09. The standard InChI is InChI=1S/C13H20FNO/c1-3-6-11(16)9-15-10(2)12-7-4-5-8-13(12)14/h4-5,7-8,10-11,15-16H,3,6,9H2,1-2H3. The Labute approximate surface area is 96.5 Å². The van der Waals surface area contributed by atoms with Gasteiger partial charge in [-0.1, -0.05) is 31.5 Å². The van der Waals surface area contributed by atoms with Crippen molar-refractivity contribution in [3.63, 3.8) is 0 Å². The normalized spacial score (nSPS) is 14.8. The molecule has 1 aromatic carbocycles. The van der Waals surface area contributed by atoms with Crippen molar-refractivity contribution in [3.05, 3.63) is 35.6 Å². The van der Waals surface area contributed by atoms with E-state index in [2.05, 4.69) is 5.32 Å². The van der Waals surface area contributed by atoms with Crippen molar-refractivity contribution in [1.29, 1.82) is 0 Å². The zero-order valence-corrected chi connectivity index (χ0v) is 9.91. The van der Waals surface area contributed by atoms with Gasteiger partial charge in [0.1, 0.15) is 5.82 Å². The molecule has 0 spiro atoms. The fourth-order valence-corrected chi connectivity index (χ4v) is 1.68. The highest BCUT2D eigenvalue weighted by atomic mass is 19.1. The maximum Gasteiger partial charge on any atom is 0.127 e. The first-order valence-corrected chi connectivity index (χ1v) is 5.81. The molecule has 1 aromatic rings. The largest absolute Gasteiger partial charge is 0.392 e. The van der Waals surface area contributed by atoms with E-state index in [4.69, 9.17) is 0 Å². The van der Waals surface area contributed by atoms with E-state index in [-0.39, 0.29) is 18.0 Å². The monoisotopic (exact) mass is 225 g/mol. The van der Waals surface area contributed by atoms with E-state index < -0.39 is 0 Å². The van der Waals surface area contributed by atoms with Gasteiger partial charge in [0, 0.05) is 18.2 Å². The molecule has 0 aliphatic rings. The quantitative estimate of drug-likeness (QED) is 0.780. The van der Waals surface area contributed by atoms with Gasteiger partial charge in [-0.2, -0.15) is 0 Å². The minimum Gasteiger partial charge on any atom is -0.392 e. The summed E-state index contributed by atoms with van der Waals surface area (Å²) in [6.45, 7) is 4.43. The predicted octanol–water partition coefficient (Wildman–Crippen LogP) is 2.64. The van der Waals surface area contributed by atoms with E-state index in [1.54, 1.807) is 12.1 Å². The van der Waals surface area contributed by atoms with E-state index in [0.29, 0.717) is 12.1 Å². The average Bonchev–Trinajstić information content (AvgIpc) is 2.27. The summed E-state index contributed by atoms with van der Waals surface area (Å²) in [6, 6.07) is 6.64. The molecule has 0 aromatic heterocycles. The number of aliphatic hydroxyl groups excluding tert-OH is 1. The van der Waals surface area contributed by atoms with Crippen LogP contribution in [0.4, 0.5) is 4.39 Å². The first-order chi connectivity index (χ1) is 7.65. The van der Waals surface area contributed by atoms with Crippen LogP contribution in [0.15, 0.2) is 24.3 Å². The number of nitrogens with one attached hydrogen (secondary N) is 1. The minimum atomic E-state index is -0.348. The molecule has 0 bridgehead atoms. The highest BCUT2D eigenvalue weighted by Crippen LogP contribution is 2.15. The Hall–Kier alpha value is -0.930. The first-order valence-electron chi connectivity index (χ1n) is 5.81. The molecular weight excluding hydrogens is 205 g/mol. The Morgan fingerprint density at radius 1 is 1.38 bits per heavy atom. The van der Waals surface area contributed by atoms with Crippen molar-refractivity contribution >= 4 is 0 Å². The zero-order chi connectivity index (χ0) is 12.0. The summed E-state index contributed by atoms with van der Waals surface area (Å²) in [5.41, 5.74) is 0.645. The van der Waals surface area contributed by atoms with Gasteiger partial charge in [0.05, 0.1) is 6.10 Å². The van der Waals surface area contributed by atoms with Crippen LogP contribution >= 0.6 is 0 Å². The third-order valence-corrected chi connectivity index (χ3v) is 2.65. The summed E-state index contributed by atoms with van der Waals surface area (Å²) in [7, 11) is 0. The second kappa shape index (κ2) is 6.61. The second-order valence-corrected chi connectivity index (χ2v) is 4.09. The van der Waals surface area contributed by atoms with Crippen molar-refractivity contribution in [3.8, 4) is 0 Å². The molecule has 16 heavy (non-hydrogen) atoms. The topological polar surface area (TPSA) is 32.3 Å². The number of hydrogen-bond donors (Lipinski definition) is 2. The average molecular weight is 225 g/mol. The summed E-state index contributed by atoms with van der Waals surface area (Å²) in [4.78, 5) is 0. The number of aliphatic hydroxyl groups is 1. The van der Waals surface area contributed by atoms with Crippen LogP contribution in [0, 0.1) is 5.82 Å². The summed E-state index contributed by atoms with van der Waals surface area (Å²) in [5, 5.41) is 12.7. The lowest BCUT2D eigenvalue weighted by Gasteiger charge is -2.17. The molecule has 0 aliphatic heterocycles. The first kappa shape index (κ1) is 13.1. The van der Waals surface area contributed by atoms with Crippen LogP contribution in [0.25, 0.3) is 0 Å². The van der Waals surface area contributed by atoms with E-state index in [0.717, 1.165) is 12.8 Å². The maximum atomic E-state index is 13.4. The van der Waals surface area contributed by atoms with E-state index >= 15 is 0 Å². The van der Waals surface area contributed by atoms with Gasteiger partial charge in [-0.15, -0.1) is 0 Å². The molecule has 2 unspecified atom stereocenters. The van der Waals surface area contributed by atoms with Gasteiger partial charge in [-0.25, -0.2) is 4.39 Å². The Morgan fingerprint density at radius 3 is 2.69 bits per heavy atom. The molecule has 2 N–H and O–H groups in total. The zero-order valence-electron chi connectivity index (χ0n) is 9.91. The van der Waals surface area contributed by atoms with Crippen LogP contribution in [0.5, 0.6) is 0 Å². The van der Waals surface area contributed by atoms with Crippen LogP contribution in [0.3, 0.4) is 0 Å². The van der Waals surface area contributed by atoms with Crippen molar-refractivity contribution in [1.82, 2.24) is 5.32 Å². The molecule has 3 heteroatoms. The molecule has 0 fully saturated rings. The lowest BCUT2D eigenvalue weighted by atomic mass is 10.1. The third-order valence-electron chi connectivity index (χ3n) is 2.65. The predicted molar refractivity (Wildman–Crippen MR) is 63.7 cm³/mol. The SMILES string of the molecule is CCCC(O)CNC(C)c1ccccc1F. The summed E-state index contributed by atoms with van der Waals surface area (Å²) < 4.78 is 13.4. The molecule has 0 radical (unpaired) electrons. The highest BCUT2D eigenvalue weighted by molar-refractivity contribution is 5.20. The molecular formula is C13H20FNO. The van der Waals surface area contributed by atoms with Crippen molar-refractivity contribution in [2.45, 2.75) is 38.8 Å². The van der Waals surface area contributed by atoms with Crippen molar-refractivity contribution in [2.24, 2.45) is 0 Å². The van der Waals surface area contributed by atoms with Crippen LogP contribution in [-0.2, 0) is 0 Å². The molecule has 0 saturated carbocycles. The summed E-state index contributed by atoms with van der Waals surface area (Å²) >= 11 is 0. The third kappa shape index (κ3) is 3.91. The van der Waals surface area contributed by atoms with Crippen LogP contribution in [0.2, 0.25) is 0 Å². The molecule has 0 heterocycles. The smallest absolute Gasteiger partial charge is 0.127 e. The molecule has 2 nitrogen and oxygen atoms in total. The lowest BCUT2D eigenvalue weighted by Crippen LogP contribution is -2.29. The fraction of sp³-hybridized carbons (Fsp3) is 0.538. The Kier molecular flexibility index (Phi) is 5.43. The molecule has 0 saturated heterocycles. The Morgan fingerprint density at radius 2 is 2.06 bits per heavy atom. The lowest BCUT2D eigenvalue weighted by molar-refractivity contribution is 0.157. The van der Waals surface area contributed by atoms with Crippen molar-refractivity contribution < 1.29 is 9.50 Å². The Bertz CT molecular complexity index is 317.